The van der Waals surface area contributed by atoms with E-state index in [1.54, 1.807) is 19.3 Å². The summed E-state index contributed by atoms with van der Waals surface area (Å²) in [5.74, 6) is 0. The fraction of sp³-hybridized carbons (Fsp3) is 0.333. The van der Waals surface area contributed by atoms with E-state index >= 15 is 0 Å². The van der Waals surface area contributed by atoms with Crippen molar-refractivity contribution in [3.8, 4) is 0 Å². The maximum absolute atomic E-state index is 3.73. The van der Waals surface area contributed by atoms with Crippen LogP contribution in [0.2, 0.25) is 0 Å². The predicted octanol–water partition coefficient (Wildman–Crippen LogP) is 1.29. The Kier molecular flexibility index (Phi) is 3.76. The van der Waals surface area contributed by atoms with E-state index in [0.29, 0.717) is 0 Å². The van der Waals surface area contributed by atoms with Gasteiger partial charge in [-0.1, -0.05) is 0 Å². The van der Waals surface area contributed by atoms with Crippen molar-refractivity contribution >= 4 is 12.9 Å². The standard InChI is InChI=1S/C6H10N2/c1-6(8-3)4-5-7-2/h4-5H,3H2,1-2H3/b6-4-,7-5-. The summed E-state index contributed by atoms with van der Waals surface area (Å²) in [4.78, 5) is 7.38. The van der Waals surface area contributed by atoms with E-state index in [-0.39, 0.29) is 0 Å². The first-order chi connectivity index (χ1) is 3.81. The lowest BCUT2D eigenvalue weighted by Crippen LogP contribution is -1.68. The monoisotopic (exact) mass is 110 g/mol. The van der Waals surface area contributed by atoms with Crippen LogP contribution in [0.1, 0.15) is 6.92 Å². The van der Waals surface area contributed by atoms with Crippen molar-refractivity contribution in [2.24, 2.45) is 9.98 Å². The van der Waals surface area contributed by atoms with Gasteiger partial charge in [-0.3, -0.25) is 9.98 Å². The molecule has 0 aliphatic rings. The molecule has 0 aromatic rings. The number of nitrogens with zero attached hydrogens (tertiary/aromatic N) is 2. The first-order valence-corrected chi connectivity index (χ1v) is 2.37. The second kappa shape index (κ2) is 4.24. The normalized spacial score (nSPS) is 12.5. The number of rotatable bonds is 2. The number of aliphatic imine (C=N–C) groups is 2. The summed E-state index contributed by atoms with van der Waals surface area (Å²) in [7, 11) is 1.72. The molecule has 0 aromatic heterocycles. The molecule has 2 nitrogen and oxygen atoms in total. The lowest BCUT2D eigenvalue weighted by molar-refractivity contribution is 1.33. The Morgan fingerprint density at radius 2 is 2.25 bits per heavy atom. The number of hydrogen-bond acceptors (Lipinski definition) is 2. The van der Waals surface area contributed by atoms with Gasteiger partial charge in [0.2, 0.25) is 0 Å². The summed E-state index contributed by atoms with van der Waals surface area (Å²) >= 11 is 0. The summed E-state index contributed by atoms with van der Waals surface area (Å²) in [6.45, 7) is 5.20. The van der Waals surface area contributed by atoms with Crippen molar-refractivity contribution in [2.75, 3.05) is 7.05 Å². The summed E-state index contributed by atoms with van der Waals surface area (Å²) in [5, 5.41) is 0. The first kappa shape index (κ1) is 7.08. The maximum Gasteiger partial charge on any atom is 0.0380 e. The molecule has 0 aliphatic heterocycles. The van der Waals surface area contributed by atoms with Crippen LogP contribution >= 0.6 is 0 Å². The van der Waals surface area contributed by atoms with Gasteiger partial charge in [0.15, 0.2) is 0 Å². The highest BCUT2D eigenvalue weighted by molar-refractivity contribution is 5.71. The Labute approximate surface area is 49.7 Å². The van der Waals surface area contributed by atoms with E-state index < -0.39 is 0 Å². The maximum atomic E-state index is 3.73. The Balaban J connectivity index is 3.74. The highest BCUT2D eigenvalue weighted by atomic mass is 14.7. The smallest absolute Gasteiger partial charge is 0.0380 e. The minimum absolute atomic E-state index is 0.885. The van der Waals surface area contributed by atoms with Gasteiger partial charge in [0.25, 0.3) is 0 Å². The fourth-order valence-electron chi connectivity index (χ4n) is 0.235. The summed E-state index contributed by atoms with van der Waals surface area (Å²) in [6.07, 6.45) is 3.48. The van der Waals surface area contributed by atoms with Gasteiger partial charge >= 0.3 is 0 Å². The minimum Gasteiger partial charge on any atom is -0.296 e. The SMILES string of the molecule is C=N/C(C)=C\C=N/C. The number of hydrogen-bond donors (Lipinski definition) is 0. The second-order valence-electron chi connectivity index (χ2n) is 1.37. The Morgan fingerprint density at radius 1 is 1.62 bits per heavy atom. The quantitative estimate of drug-likeness (QED) is 0.478. The average Bonchev–Trinajstić information content (AvgIpc) is 1.83. The van der Waals surface area contributed by atoms with Crippen LogP contribution in [0.5, 0.6) is 0 Å². The summed E-state index contributed by atoms with van der Waals surface area (Å²) in [5.41, 5.74) is 0.885. The van der Waals surface area contributed by atoms with E-state index in [2.05, 4.69) is 16.7 Å². The van der Waals surface area contributed by atoms with Crippen LogP contribution in [-0.2, 0) is 0 Å². The molecular formula is C6H10N2. The molecule has 0 amide bonds. The third-order valence-electron chi connectivity index (χ3n) is 0.714. The van der Waals surface area contributed by atoms with Crippen LogP contribution in [0.25, 0.3) is 0 Å². The van der Waals surface area contributed by atoms with Crippen LogP contribution in [0.15, 0.2) is 21.8 Å². The van der Waals surface area contributed by atoms with Crippen LogP contribution in [0.3, 0.4) is 0 Å². The molecule has 0 rings (SSSR count). The molecule has 0 saturated carbocycles. The molecule has 0 aromatic carbocycles. The van der Waals surface area contributed by atoms with E-state index in [9.17, 15) is 0 Å². The van der Waals surface area contributed by atoms with Crippen molar-refractivity contribution in [3.63, 3.8) is 0 Å². The Hall–Kier alpha value is -0.920. The topological polar surface area (TPSA) is 24.7 Å². The van der Waals surface area contributed by atoms with Gasteiger partial charge in [0, 0.05) is 19.0 Å². The molecule has 0 saturated heterocycles. The zero-order chi connectivity index (χ0) is 6.41. The zero-order valence-corrected chi connectivity index (χ0v) is 5.26. The molecule has 8 heavy (non-hydrogen) atoms. The van der Waals surface area contributed by atoms with Crippen molar-refractivity contribution in [3.05, 3.63) is 11.8 Å². The van der Waals surface area contributed by atoms with Gasteiger partial charge in [-0.25, -0.2) is 0 Å². The van der Waals surface area contributed by atoms with E-state index in [1.807, 2.05) is 6.92 Å². The lowest BCUT2D eigenvalue weighted by Gasteiger charge is -1.81. The molecular weight excluding hydrogens is 100 g/mol. The summed E-state index contributed by atoms with van der Waals surface area (Å²) in [6, 6.07) is 0. The van der Waals surface area contributed by atoms with E-state index in [1.165, 1.54) is 0 Å². The van der Waals surface area contributed by atoms with Crippen molar-refractivity contribution in [1.29, 1.82) is 0 Å². The molecule has 2 heteroatoms. The van der Waals surface area contributed by atoms with Gasteiger partial charge < -0.3 is 0 Å². The first-order valence-electron chi connectivity index (χ1n) is 2.37. The van der Waals surface area contributed by atoms with Crippen molar-refractivity contribution in [1.82, 2.24) is 0 Å². The predicted molar refractivity (Wildman–Crippen MR) is 37.7 cm³/mol. The molecule has 0 radical (unpaired) electrons. The van der Waals surface area contributed by atoms with Gasteiger partial charge in [0.1, 0.15) is 0 Å². The Morgan fingerprint density at radius 3 is 2.62 bits per heavy atom. The molecule has 0 N–H and O–H groups in total. The van der Waals surface area contributed by atoms with E-state index in [4.69, 9.17) is 0 Å². The van der Waals surface area contributed by atoms with Gasteiger partial charge in [0.05, 0.1) is 0 Å². The van der Waals surface area contributed by atoms with Gasteiger partial charge in [-0.05, 0) is 19.7 Å². The van der Waals surface area contributed by atoms with E-state index in [0.717, 1.165) is 5.70 Å². The Bertz CT molecular complexity index is 122. The third kappa shape index (κ3) is 3.28. The van der Waals surface area contributed by atoms with Crippen LogP contribution in [0.4, 0.5) is 0 Å². The lowest BCUT2D eigenvalue weighted by atomic mass is 10.5. The third-order valence-corrected chi connectivity index (χ3v) is 0.714. The van der Waals surface area contributed by atoms with Gasteiger partial charge in [-0.2, -0.15) is 0 Å². The van der Waals surface area contributed by atoms with Gasteiger partial charge in [-0.15, -0.1) is 0 Å². The molecule has 0 aliphatic carbocycles. The molecule has 0 unspecified atom stereocenters. The van der Waals surface area contributed by atoms with Crippen molar-refractivity contribution in [2.45, 2.75) is 6.92 Å². The zero-order valence-electron chi connectivity index (χ0n) is 5.26. The summed E-state index contributed by atoms with van der Waals surface area (Å²) < 4.78 is 0. The molecule has 0 heterocycles. The molecule has 44 valence electrons. The molecule has 0 fully saturated rings. The van der Waals surface area contributed by atoms with Crippen LogP contribution in [-0.4, -0.2) is 20.0 Å². The largest absolute Gasteiger partial charge is 0.296 e. The highest BCUT2D eigenvalue weighted by Gasteiger charge is 1.72. The molecule has 0 bridgehead atoms. The fourth-order valence-corrected chi connectivity index (χ4v) is 0.235. The molecule has 0 atom stereocenters. The second-order valence-corrected chi connectivity index (χ2v) is 1.37. The number of allylic oxidation sites excluding steroid dienone is 2. The minimum atomic E-state index is 0.885. The molecule has 0 spiro atoms. The average molecular weight is 110 g/mol. The highest BCUT2D eigenvalue weighted by Crippen LogP contribution is 1.87. The van der Waals surface area contributed by atoms with Crippen LogP contribution < -0.4 is 0 Å². The van der Waals surface area contributed by atoms with Crippen molar-refractivity contribution < 1.29 is 0 Å². The van der Waals surface area contributed by atoms with Crippen LogP contribution in [0, 0.1) is 0 Å².